The quantitative estimate of drug-likeness (QED) is 0.804. The molecule has 1 spiro atoms. The molecule has 4 rings (SSSR count). The van der Waals surface area contributed by atoms with E-state index in [-0.39, 0.29) is 17.0 Å². The van der Waals surface area contributed by atoms with Gasteiger partial charge >= 0.3 is 0 Å². The number of likely N-dealkylation sites (N-methyl/N-ethyl adjacent to an activating group) is 1. The number of halogens is 2. The first-order valence-corrected chi connectivity index (χ1v) is 10.2. The SMILES string of the molecule is CNC[C@@H](O)[C@H](c1cccc(F)c1)N1CC2(CCCCC2)c2cccc(F)c21. The molecule has 1 fully saturated rings. The van der Waals surface area contributed by atoms with Crippen LogP contribution in [0.3, 0.4) is 0 Å². The van der Waals surface area contributed by atoms with E-state index in [2.05, 4.69) is 5.32 Å². The van der Waals surface area contributed by atoms with Gasteiger partial charge in [-0.15, -0.1) is 0 Å². The highest BCUT2D eigenvalue weighted by molar-refractivity contribution is 5.65. The van der Waals surface area contributed by atoms with Crippen LogP contribution in [0.5, 0.6) is 0 Å². The molecule has 1 saturated carbocycles. The van der Waals surface area contributed by atoms with E-state index in [1.54, 1.807) is 19.2 Å². The summed E-state index contributed by atoms with van der Waals surface area (Å²) < 4.78 is 29.1. The van der Waals surface area contributed by atoms with Crippen molar-refractivity contribution in [3.63, 3.8) is 0 Å². The van der Waals surface area contributed by atoms with Gasteiger partial charge in [-0.3, -0.25) is 0 Å². The first kappa shape index (κ1) is 19.3. The monoisotopic (exact) mass is 386 g/mol. The van der Waals surface area contributed by atoms with Crippen molar-refractivity contribution in [1.82, 2.24) is 5.32 Å². The van der Waals surface area contributed by atoms with Crippen LogP contribution in [0.2, 0.25) is 0 Å². The number of rotatable bonds is 5. The summed E-state index contributed by atoms with van der Waals surface area (Å²) in [6.45, 7) is 1.000. The molecule has 1 heterocycles. The summed E-state index contributed by atoms with van der Waals surface area (Å²) in [6.07, 6.45) is 4.73. The van der Waals surface area contributed by atoms with E-state index in [0.717, 1.165) is 31.2 Å². The fourth-order valence-corrected chi connectivity index (χ4v) is 5.24. The molecule has 2 N–H and O–H groups in total. The van der Waals surface area contributed by atoms with E-state index in [1.165, 1.54) is 24.6 Å². The predicted octanol–water partition coefficient (Wildman–Crippen LogP) is 4.31. The van der Waals surface area contributed by atoms with Crippen LogP contribution in [-0.4, -0.2) is 31.3 Å². The Morgan fingerprint density at radius 1 is 1.11 bits per heavy atom. The van der Waals surface area contributed by atoms with Crippen LogP contribution in [0.1, 0.15) is 49.3 Å². The Bertz CT molecular complexity index is 835. The minimum Gasteiger partial charge on any atom is -0.389 e. The van der Waals surface area contributed by atoms with Crippen LogP contribution < -0.4 is 10.2 Å². The Hall–Kier alpha value is -1.98. The molecular weight excluding hydrogens is 358 g/mol. The van der Waals surface area contributed by atoms with E-state index >= 15 is 4.39 Å². The van der Waals surface area contributed by atoms with E-state index in [4.69, 9.17) is 0 Å². The minimum atomic E-state index is -0.794. The molecule has 3 nitrogen and oxygen atoms in total. The van der Waals surface area contributed by atoms with Gasteiger partial charge in [-0.1, -0.05) is 43.5 Å². The zero-order valence-corrected chi connectivity index (χ0v) is 16.3. The molecule has 2 aromatic rings. The number of hydrogen-bond acceptors (Lipinski definition) is 3. The summed E-state index contributed by atoms with van der Waals surface area (Å²) >= 11 is 0. The summed E-state index contributed by atoms with van der Waals surface area (Å²) in [5.41, 5.74) is 2.21. The molecule has 28 heavy (non-hydrogen) atoms. The number of benzene rings is 2. The number of nitrogens with zero attached hydrogens (tertiary/aromatic N) is 1. The lowest BCUT2D eigenvalue weighted by atomic mass is 9.71. The van der Waals surface area contributed by atoms with Crippen LogP contribution >= 0.6 is 0 Å². The molecule has 0 radical (unpaired) electrons. The van der Waals surface area contributed by atoms with Gasteiger partial charge in [0.1, 0.15) is 11.6 Å². The van der Waals surface area contributed by atoms with Crippen LogP contribution in [0, 0.1) is 11.6 Å². The van der Waals surface area contributed by atoms with Crippen LogP contribution in [0.25, 0.3) is 0 Å². The van der Waals surface area contributed by atoms with Crippen LogP contribution in [0.15, 0.2) is 42.5 Å². The average Bonchev–Trinajstić information content (AvgIpc) is 2.98. The highest BCUT2D eigenvalue weighted by atomic mass is 19.1. The van der Waals surface area contributed by atoms with Gasteiger partial charge in [0, 0.05) is 18.5 Å². The Morgan fingerprint density at radius 2 is 1.86 bits per heavy atom. The summed E-state index contributed by atoms with van der Waals surface area (Å²) in [7, 11) is 1.77. The summed E-state index contributed by atoms with van der Waals surface area (Å²) in [4.78, 5) is 1.99. The lowest BCUT2D eigenvalue weighted by Gasteiger charge is -2.38. The van der Waals surface area contributed by atoms with Gasteiger partial charge in [-0.05, 0) is 49.2 Å². The minimum absolute atomic E-state index is 0.0827. The van der Waals surface area contributed by atoms with Crippen molar-refractivity contribution >= 4 is 5.69 Å². The molecule has 0 saturated heterocycles. The van der Waals surface area contributed by atoms with Gasteiger partial charge in [0.25, 0.3) is 0 Å². The Kier molecular flexibility index (Phi) is 5.39. The second kappa shape index (κ2) is 7.80. The highest BCUT2D eigenvalue weighted by Gasteiger charge is 2.47. The molecule has 0 aromatic heterocycles. The molecule has 1 aliphatic carbocycles. The number of anilines is 1. The normalized spacial score (nSPS) is 20.2. The van der Waals surface area contributed by atoms with Crippen LogP contribution in [0.4, 0.5) is 14.5 Å². The molecule has 2 atom stereocenters. The topological polar surface area (TPSA) is 35.5 Å². The number of aliphatic hydroxyl groups excluding tert-OH is 1. The molecule has 150 valence electrons. The highest BCUT2D eigenvalue weighted by Crippen LogP contribution is 2.52. The Balaban J connectivity index is 1.83. The smallest absolute Gasteiger partial charge is 0.146 e. The van der Waals surface area contributed by atoms with Crippen LogP contribution in [-0.2, 0) is 5.41 Å². The van der Waals surface area contributed by atoms with Crippen molar-refractivity contribution in [2.24, 2.45) is 0 Å². The summed E-state index contributed by atoms with van der Waals surface area (Å²) in [5, 5.41) is 14.0. The number of fused-ring (bicyclic) bond motifs is 2. The molecular formula is C23H28F2N2O. The zero-order valence-electron chi connectivity index (χ0n) is 16.3. The fraction of sp³-hybridized carbons (Fsp3) is 0.478. The van der Waals surface area contributed by atoms with Gasteiger partial charge in [-0.2, -0.15) is 0 Å². The zero-order chi connectivity index (χ0) is 19.7. The standard InChI is InChI=1S/C23H28F2N2O/c1-26-14-20(28)21(16-7-5-8-17(24)13-16)27-15-23(11-3-2-4-12-23)18-9-6-10-19(25)22(18)27/h5-10,13,20-21,26,28H,2-4,11-12,14-15H2,1H3/t20-,21+/m1/s1. The van der Waals surface area contributed by atoms with E-state index in [9.17, 15) is 9.50 Å². The van der Waals surface area contributed by atoms with E-state index in [1.807, 2.05) is 17.0 Å². The van der Waals surface area contributed by atoms with Gasteiger partial charge in [-0.25, -0.2) is 8.78 Å². The number of hydrogen-bond donors (Lipinski definition) is 2. The molecule has 2 aliphatic rings. The maximum Gasteiger partial charge on any atom is 0.146 e. The first-order valence-electron chi connectivity index (χ1n) is 10.2. The average molecular weight is 386 g/mol. The third-order valence-corrected chi connectivity index (χ3v) is 6.43. The van der Waals surface area contributed by atoms with Crippen molar-refractivity contribution in [1.29, 1.82) is 0 Å². The molecule has 2 aromatic carbocycles. The maximum absolute atomic E-state index is 15.1. The molecule has 5 heteroatoms. The number of para-hydroxylation sites is 1. The molecule has 0 unspecified atom stereocenters. The molecule has 0 bridgehead atoms. The van der Waals surface area contributed by atoms with Crippen molar-refractivity contribution in [3.05, 3.63) is 65.2 Å². The lowest BCUT2D eigenvalue weighted by molar-refractivity contribution is 0.138. The van der Waals surface area contributed by atoms with E-state index < -0.39 is 12.1 Å². The van der Waals surface area contributed by atoms with Crippen molar-refractivity contribution < 1.29 is 13.9 Å². The van der Waals surface area contributed by atoms with Crippen molar-refractivity contribution in [3.8, 4) is 0 Å². The third-order valence-electron chi connectivity index (χ3n) is 6.43. The number of aliphatic hydroxyl groups is 1. The lowest BCUT2D eigenvalue weighted by Crippen LogP contribution is -2.43. The Morgan fingerprint density at radius 3 is 2.57 bits per heavy atom. The fourth-order valence-electron chi connectivity index (χ4n) is 5.24. The largest absolute Gasteiger partial charge is 0.389 e. The Labute approximate surface area is 165 Å². The first-order chi connectivity index (χ1) is 13.6. The molecule has 0 amide bonds. The van der Waals surface area contributed by atoms with E-state index in [0.29, 0.717) is 24.3 Å². The summed E-state index contributed by atoms with van der Waals surface area (Å²) in [6, 6.07) is 11.1. The summed E-state index contributed by atoms with van der Waals surface area (Å²) in [5.74, 6) is -0.613. The number of nitrogens with one attached hydrogen (secondary N) is 1. The van der Waals surface area contributed by atoms with Crippen molar-refractivity contribution in [2.45, 2.75) is 49.7 Å². The third kappa shape index (κ3) is 3.31. The van der Waals surface area contributed by atoms with Gasteiger partial charge in [0.05, 0.1) is 17.8 Å². The van der Waals surface area contributed by atoms with Crippen molar-refractivity contribution in [2.75, 3.05) is 25.0 Å². The van der Waals surface area contributed by atoms with Gasteiger partial charge in [0.2, 0.25) is 0 Å². The second-order valence-electron chi connectivity index (χ2n) is 8.23. The second-order valence-corrected chi connectivity index (χ2v) is 8.23. The molecule has 1 aliphatic heterocycles. The van der Waals surface area contributed by atoms with Gasteiger partial charge < -0.3 is 15.3 Å². The predicted molar refractivity (Wildman–Crippen MR) is 108 cm³/mol. The maximum atomic E-state index is 15.1. The van der Waals surface area contributed by atoms with Gasteiger partial charge in [0.15, 0.2) is 0 Å².